The smallest absolute Gasteiger partial charge is 0.309 e. The SMILES string of the molecule is CC(=O)O[C@H]([C@@H](C)[C@H]1CC[C@H]2[C@@H]3COC(=O)[C@H]4C[C@H](OC(C)=O)[C@H](OC(C)=O)C[C@]4(C)[C@H]3CC[C@]12C)[C@H](OC(C)=O)[C@@H](C)C(C)(C)O. The first kappa shape index (κ1) is 37.1. The van der Waals surface area contributed by atoms with Gasteiger partial charge in [0.2, 0.25) is 0 Å². The predicted octanol–water partition coefficient (Wildman–Crippen LogP) is 4.79. The molecule has 3 saturated carbocycles. The van der Waals surface area contributed by atoms with Crippen molar-refractivity contribution in [2.45, 2.75) is 138 Å². The molecule has 4 aliphatic rings. The van der Waals surface area contributed by atoms with Gasteiger partial charge >= 0.3 is 29.8 Å². The van der Waals surface area contributed by atoms with E-state index in [-0.39, 0.29) is 54.0 Å². The van der Waals surface area contributed by atoms with Crippen molar-refractivity contribution in [3.05, 3.63) is 0 Å². The molecule has 3 aliphatic carbocycles. The van der Waals surface area contributed by atoms with Crippen molar-refractivity contribution in [2.24, 2.45) is 52.3 Å². The summed E-state index contributed by atoms with van der Waals surface area (Å²) in [5.41, 5.74) is -1.93. The number of carbonyl (C=O) groups excluding carboxylic acids is 5. The standard InChI is InChI=1S/C36H56O11/c1-18(31(46-22(5)39)32(47-23(6)40)19(2)34(7,8)42)25-11-12-26-24-17-43-33(41)28-15-29(44-20(3)37)30(45-21(4)38)16-36(28,10)27(24)13-14-35(25,26)9/h18-19,24-32,42H,11-17H2,1-10H3/t18-,19+,24-,25+,26-,27-,28+,29-,30+,31+,32+,35+,36+/m0/s1. The van der Waals surface area contributed by atoms with E-state index in [2.05, 4.69) is 20.8 Å². The lowest BCUT2D eigenvalue weighted by Gasteiger charge is -2.56. The molecule has 1 N–H and O–H groups in total. The summed E-state index contributed by atoms with van der Waals surface area (Å²) in [7, 11) is 0. The van der Waals surface area contributed by atoms with Crippen LogP contribution in [0.1, 0.15) is 108 Å². The van der Waals surface area contributed by atoms with Crippen LogP contribution in [0.3, 0.4) is 0 Å². The predicted molar refractivity (Wildman–Crippen MR) is 169 cm³/mol. The lowest BCUT2D eigenvalue weighted by atomic mass is 9.48. The largest absolute Gasteiger partial charge is 0.465 e. The van der Waals surface area contributed by atoms with E-state index in [9.17, 15) is 29.1 Å². The first-order valence-corrected chi connectivity index (χ1v) is 17.3. The average Bonchev–Trinajstić information content (AvgIpc) is 3.24. The van der Waals surface area contributed by atoms with Gasteiger partial charge < -0.3 is 28.8 Å². The Morgan fingerprint density at radius 1 is 0.830 bits per heavy atom. The van der Waals surface area contributed by atoms with Crippen molar-refractivity contribution >= 4 is 29.8 Å². The normalized spacial score (nSPS) is 37.7. The molecule has 4 fully saturated rings. The van der Waals surface area contributed by atoms with Crippen LogP contribution in [0.25, 0.3) is 0 Å². The Bertz CT molecular complexity index is 1220. The number of rotatable bonds is 9. The Labute approximate surface area is 279 Å². The van der Waals surface area contributed by atoms with E-state index in [0.717, 1.165) is 25.7 Å². The molecule has 1 aliphatic heterocycles. The minimum Gasteiger partial charge on any atom is -0.465 e. The van der Waals surface area contributed by atoms with E-state index in [0.29, 0.717) is 6.42 Å². The summed E-state index contributed by atoms with van der Waals surface area (Å²) < 4.78 is 29.1. The van der Waals surface area contributed by atoms with E-state index in [1.54, 1.807) is 20.8 Å². The highest BCUT2D eigenvalue weighted by Crippen LogP contribution is 2.66. The molecule has 11 nitrogen and oxygen atoms in total. The first-order chi connectivity index (χ1) is 21.7. The number of hydrogen-bond acceptors (Lipinski definition) is 11. The van der Waals surface area contributed by atoms with Crippen molar-refractivity contribution in [1.29, 1.82) is 0 Å². The van der Waals surface area contributed by atoms with E-state index in [1.807, 2.05) is 0 Å². The molecule has 0 bridgehead atoms. The molecule has 1 heterocycles. The van der Waals surface area contributed by atoms with Crippen molar-refractivity contribution in [3.8, 4) is 0 Å². The Morgan fingerprint density at radius 2 is 1.38 bits per heavy atom. The number of hydrogen-bond donors (Lipinski definition) is 1. The molecule has 266 valence electrons. The summed E-state index contributed by atoms with van der Waals surface area (Å²) >= 11 is 0. The van der Waals surface area contributed by atoms with Crippen LogP contribution >= 0.6 is 0 Å². The quantitative estimate of drug-likeness (QED) is 0.268. The zero-order valence-electron chi connectivity index (χ0n) is 29.8. The zero-order valence-corrected chi connectivity index (χ0v) is 29.8. The molecule has 4 rings (SSSR count). The van der Waals surface area contributed by atoms with Crippen LogP contribution in [0.15, 0.2) is 0 Å². The molecule has 11 heteroatoms. The zero-order chi connectivity index (χ0) is 35.2. The van der Waals surface area contributed by atoms with Gasteiger partial charge in [0.1, 0.15) is 24.4 Å². The fourth-order valence-corrected chi connectivity index (χ4v) is 10.3. The molecule has 0 aromatic heterocycles. The Kier molecular flexibility index (Phi) is 10.8. The summed E-state index contributed by atoms with van der Waals surface area (Å²) in [5.74, 6) is -3.01. The molecule has 47 heavy (non-hydrogen) atoms. The van der Waals surface area contributed by atoms with Gasteiger partial charge in [-0.15, -0.1) is 0 Å². The molecule has 0 spiro atoms. The van der Waals surface area contributed by atoms with Crippen molar-refractivity contribution in [2.75, 3.05) is 6.61 Å². The molecule has 13 atom stereocenters. The molecule has 0 unspecified atom stereocenters. The van der Waals surface area contributed by atoms with Crippen LogP contribution in [0.5, 0.6) is 0 Å². The van der Waals surface area contributed by atoms with Crippen LogP contribution in [0, 0.1) is 52.3 Å². The second-order valence-corrected chi connectivity index (χ2v) is 16.0. The minimum atomic E-state index is -1.20. The van der Waals surface area contributed by atoms with Gasteiger partial charge in [0.05, 0.1) is 18.1 Å². The second kappa shape index (κ2) is 13.7. The topological polar surface area (TPSA) is 152 Å². The van der Waals surface area contributed by atoms with Crippen molar-refractivity contribution in [3.63, 3.8) is 0 Å². The number of carbonyl (C=O) groups is 5. The van der Waals surface area contributed by atoms with E-state index in [4.69, 9.17) is 23.7 Å². The number of aliphatic hydroxyl groups is 1. The van der Waals surface area contributed by atoms with Crippen molar-refractivity contribution in [1.82, 2.24) is 0 Å². The Morgan fingerprint density at radius 3 is 1.94 bits per heavy atom. The van der Waals surface area contributed by atoms with Crippen LogP contribution in [-0.4, -0.2) is 71.6 Å². The highest BCUT2D eigenvalue weighted by molar-refractivity contribution is 5.75. The molecular weight excluding hydrogens is 608 g/mol. The molecule has 0 aromatic carbocycles. The summed E-state index contributed by atoms with van der Waals surface area (Å²) in [6.07, 6.45) is 1.05. The molecule has 0 amide bonds. The van der Waals surface area contributed by atoms with E-state index >= 15 is 0 Å². The maximum atomic E-state index is 13.6. The third-order valence-corrected chi connectivity index (χ3v) is 12.7. The van der Waals surface area contributed by atoms with Gasteiger partial charge in [-0.2, -0.15) is 0 Å². The third-order valence-electron chi connectivity index (χ3n) is 12.7. The van der Waals surface area contributed by atoms with Crippen LogP contribution in [0.4, 0.5) is 0 Å². The van der Waals surface area contributed by atoms with Gasteiger partial charge in [0.25, 0.3) is 0 Å². The van der Waals surface area contributed by atoms with Gasteiger partial charge in [0.15, 0.2) is 0 Å². The molecular formula is C36H56O11. The van der Waals surface area contributed by atoms with Gasteiger partial charge in [-0.3, -0.25) is 24.0 Å². The summed E-state index contributed by atoms with van der Waals surface area (Å²) in [5, 5.41) is 10.9. The summed E-state index contributed by atoms with van der Waals surface area (Å²) in [4.78, 5) is 62.4. The number of ether oxygens (including phenoxy) is 5. The minimum absolute atomic E-state index is 0.0555. The van der Waals surface area contributed by atoms with Crippen LogP contribution in [-0.2, 0) is 47.7 Å². The second-order valence-electron chi connectivity index (χ2n) is 16.0. The van der Waals surface area contributed by atoms with E-state index < -0.39 is 71.1 Å². The molecule has 0 aromatic rings. The highest BCUT2D eigenvalue weighted by Gasteiger charge is 2.64. The lowest BCUT2D eigenvalue weighted by molar-refractivity contribution is -0.190. The maximum absolute atomic E-state index is 13.6. The van der Waals surface area contributed by atoms with Gasteiger partial charge in [-0.05, 0) is 80.5 Å². The molecule has 1 saturated heterocycles. The number of fused-ring (bicyclic) bond motifs is 5. The fraction of sp³-hybridized carbons (Fsp3) is 0.861. The lowest BCUT2D eigenvalue weighted by Crippen LogP contribution is -2.56. The van der Waals surface area contributed by atoms with Crippen LogP contribution in [0.2, 0.25) is 0 Å². The summed E-state index contributed by atoms with van der Waals surface area (Å²) in [6.45, 7) is 17.2. The first-order valence-electron chi connectivity index (χ1n) is 17.3. The fourth-order valence-electron chi connectivity index (χ4n) is 10.3. The summed E-state index contributed by atoms with van der Waals surface area (Å²) in [6, 6.07) is 0. The van der Waals surface area contributed by atoms with Gasteiger partial charge in [-0.1, -0.05) is 27.7 Å². The van der Waals surface area contributed by atoms with Gasteiger partial charge in [-0.25, -0.2) is 0 Å². The maximum Gasteiger partial charge on any atom is 0.309 e. The van der Waals surface area contributed by atoms with E-state index in [1.165, 1.54) is 27.7 Å². The monoisotopic (exact) mass is 664 g/mol. The number of cyclic esters (lactones) is 1. The Balaban J connectivity index is 1.66. The highest BCUT2D eigenvalue weighted by atomic mass is 16.6. The molecule has 0 radical (unpaired) electrons. The number of esters is 5. The Hall–Kier alpha value is -2.69. The van der Waals surface area contributed by atoms with Crippen LogP contribution < -0.4 is 0 Å². The van der Waals surface area contributed by atoms with Crippen molar-refractivity contribution < 1.29 is 52.8 Å². The average molecular weight is 665 g/mol. The third kappa shape index (κ3) is 7.35. The van der Waals surface area contributed by atoms with Gasteiger partial charge in [0, 0.05) is 46.0 Å².